The highest BCUT2D eigenvalue weighted by Crippen LogP contribution is 2.48. The molecule has 10 heteroatoms. The van der Waals surface area contributed by atoms with E-state index in [-0.39, 0.29) is 23.0 Å². The average molecular weight is 531 g/mol. The van der Waals surface area contributed by atoms with Gasteiger partial charge in [0.15, 0.2) is 0 Å². The Bertz CT molecular complexity index is 1300. The molecule has 0 radical (unpaired) electrons. The zero-order valence-corrected chi connectivity index (χ0v) is 22.6. The van der Waals surface area contributed by atoms with E-state index in [1.165, 1.54) is 6.20 Å². The largest absolute Gasteiger partial charge is 0.379 e. The summed E-state index contributed by atoms with van der Waals surface area (Å²) in [6.45, 7) is 11.1. The van der Waals surface area contributed by atoms with E-state index in [2.05, 4.69) is 55.3 Å². The molecule has 4 atom stereocenters. The van der Waals surface area contributed by atoms with Gasteiger partial charge in [0.05, 0.1) is 28.9 Å². The third-order valence-electron chi connectivity index (χ3n) is 8.11. The Balaban J connectivity index is 1.46. The Labute approximate surface area is 221 Å². The van der Waals surface area contributed by atoms with Gasteiger partial charge in [-0.2, -0.15) is 5.10 Å². The number of aromatic nitrogens is 4. The van der Waals surface area contributed by atoms with Crippen LogP contribution in [0.3, 0.4) is 0 Å². The number of benzene rings is 1. The van der Waals surface area contributed by atoms with E-state index >= 15 is 0 Å². The van der Waals surface area contributed by atoms with Gasteiger partial charge in [0.2, 0.25) is 5.91 Å². The summed E-state index contributed by atoms with van der Waals surface area (Å²) < 4.78 is 2.80. The van der Waals surface area contributed by atoms with Crippen molar-refractivity contribution in [1.29, 1.82) is 0 Å². The first-order valence-electron chi connectivity index (χ1n) is 12.1. The van der Waals surface area contributed by atoms with Crippen LogP contribution in [0.5, 0.6) is 0 Å². The topological polar surface area (TPSA) is 93.8 Å². The molecular formula is C26H32Cl2N6O2. The van der Waals surface area contributed by atoms with Gasteiger partial charge in [-0.15, -0.1) is 0 Å². The van der Waals surface area contributed by atoms with Gasteiger partial charge in [0.1, 0.15) is 11.6 Å². The molecule has 36 heavy (non-hydrogen) atoms. The summed E-state index contributed by atoms with van der Waals surface area (Å²) in [5.41, 5.74) is 1.42. The van der Waals surface area contributed by atoms with E-state index in [0.29, 0.717) is 39.8 Å². The number of nitrogens with one attached hydrogen (secondary N) is 2. The third kappa shape index (κ3) is 5.15. The predicted molar refractivity (Wildman–Crippen MR) is 144 cm³/mol. The molecule has 1 saturated carbocycles. The first kappa shape index (κ1) is 26.2. The van der Waals surface area contributed by atoms with Crippen LogP contribution in [0.1, 0.15) is 41.0 Å². The third-order valence-corrected chi connectivity index (χ3v) is 8.79. The van der Waals surface area contributed by atoms with Gasteiger partial charge < -0.3 is 15.2 Å². The summed E-state index contributed by atoms with van der Waals surface area (Å²) in [4.78, 5) is 29.6. The number of rotatable bonds is 6. The number of carbonyl (C=O) groups is 1. The molecule has 1 aromatic carbocycles. The molecule has 2 N–H and O–H groups in total. The minimum Gasteiger partial charge on any atom is -0.379 e. The fourth-order valence-corrected chi connectivity index (χ4v) is 5.39. The Morgan fingerprint density at radius 3 is 2.67 bits per heavy atom. The highest BCUT2D eigenvalue weighted by Gasteiger charge is 2.43. The molecule has 0 aliphatic heterocycles. The van der Waals surface area contributed by atoms with Gasteiger partial charge in [-0.3, -0.25) is 9.59 Å². The van der Waals surface area contributed by atoms with Crippen LogP contribution in [0.4, 0.5) is 11.4 Å². The van der Waals surface area contributed by atoms with Crippen molar-refractivity contribution in [3.8, 4) is 5.69 Å². The molecule has 2 aromatic heterocycles. The van der Waals surface area contributed by atoms with E-state index in [0.717, 1.165) is 11.1 Å². The van der Waals surface area contributed by atoms with Crippen molar-refractivity contribution in [3.63, 3.8) is 0 Å². The lowest BCUT2D eigenvalue weighted by atomic mass is 9.58. The number of halogens is 2. The van der Waals surface area contributed by atoms with Crippen molar-refractivity contribution >= 4 is 40.5 Å². The van der Waals surface area contributed by atoms with Gasteiger partial charge >= 0.3 is 0 Å². The van der Waals surface area contributed by atoms with Crippen LogP contribution in [0.2, 0.25) is 10.0 Å². The molecule has 0 spiro atoms. The minimum absolute atomic E-state index is 0.0315. The molecule has 1 aliphatic carbocycles. The average Bonchev–Trinajstić information content (AvgIpc) is 3.37. The first-order valence-corrected chi connectivity index (χ1v) is 12.8. The predicted octanol–water partition coefficient (Wildman–Crippen LogP) is 5.49. The molecule has 3 aromatic rings. The Hall–Kier alpha value is -2.84. The second-order valence-corrected chi connectivity index (χ2v) is 11.2. The number of imidazole rings is 1. The molecule has 4 rings (SSSR count). The van der Waals surface area contributed by atoms with Gasteiger partial charge in [-0.25, -0.2) is 9.67 Å². The van der Waals surface area contributed by atoms with Crippen LogP contribution < -0.4 is 16.2 Å². The standard InChI is InChI=1S/C26H32Cl2N6O2/c1-15-10-20(16(2)17(3)26(15,4)5)32-21-12-30-34(25(36)24(21)28)13-23(35)31-18-6-7-19(27)22(11-18)33-9-8-29-14-33/h6-9,11-12,14-17,20,32H,10,13H2,1-5H3,(H,31,35)/t15-,16+,17+,20+/m0/s1. The van der Waals surface area contributed by atoms with Gasteiger partial charge in [0, 0.05) is 24.1 Å². The zero-order chi connectivity index (χ0) is 26.2. The molecule has 0 saturated heterocycles. The highest BCUT2D eigenvalue weighted by molar-refractivity contribution is 6.33. The number of amides is 1. The summed E-state index contributed by atoms with van der Waals surface area (Å²) >= 11 is 12.7. The number of anilines is 2. The molecule has 1 aliphatic rings. The SMILES string of the molecule is C[C@@H]1[C@@H](C)C(C)(C)[C@@H](C)C[C@H]1Nc1cnn(CC(=O)Nc2ccc(Cl)c(-n3ccnc3)c2)c(=O)c1Cl. The minimum atomic E-state index is -0.517. The van der Waals surface area contributed by atoms with Crippen LogP contribution in [-0.4, -0.2) is 31.3 Å². The van der Waals surface area contributed by atoms with Crippen LogP contribution >= 0.6 is 23.2 Å². The summed E-state index contributed by atoms with van der Waals surface area (Å²) in [5.74, 6) is 0.994. The highest BCUT2D eigenvalue weighted by atomic mass is 35.5. The summed E-state index contributed by atoms with van der Waals surface area (Å²) in [7, 11) is 0. The van der Waals surface area contributed by atoms with Crippen molar-refractivity contribution < 1.29 is 4.79 Å². The quantitative estimate of drug-likeness (QED) is 0.439. The molecule has 2 heterocycles. The number of hydrogen-bond donors (Lipinski definition) is 2. The lowest BCUT2D eigenvalue weighted by molar-refractivity contribution is -0.117. The maximum absolute atomic E-state index is 12.9. The molecule has 192 valence electrons. The molecule has 1 fully saturated rings. The fourth-order valence-electron chi connectivity index (χ4n) is 4.97. The monoisotopic (exact) mass is 530 g/mol. The van der Waals surface area contributed by atoms with Crippen molar-refractivity contribution in [3.05, 3.63) is 63.5 Å². The zero-order valence-electron chi connectivity index (χ0n) is 21.1. The second-order valence-electron chi connectivity index (χ2n) is 10.4. The van der Waals surface area contributed by atoms with Gasteiger partial charge in [-0.05, 0) is 47.8 Å². The maximum atomic E-state index is 12.9. The molecular weight excluding hydrogens is 499 g/mol. The molecule has 1 amide bonds. The lowest BCUT2D eigenvalue weighted by Crippen LogP contribution is -2.48. The van der Waals surface area contributed by atoms with Crippen molar-refractivity contribution in [2.24, 2.45) is 23.2 Å². The Morgan fingerprint density at radius 2 is 1.97 bits per heavy atom. The van der Waals surface area contributed by atoms with E-state index < -0.39 is 11.5 Å². The van der Waals surface area contributed by atoms with Crippen molar-refractivity contribution in [2.45, 2.75) is 53.6 Å². The van der Waals surface area contributed by atoms with Gasteiger partial charge in [0.25, 0.3) is 5.56 Å². The number of nitrogens with zero attached hydrogens (tertiary/aromatic N) is 4. The first-order chi connectivity index (χ1) is 17.0. The lowest BCUT2D eigenvalue weighted by Gasteiger charge is -2.50. The fraction of sp³-hybridized carbons (Fsp3) is 0.462. The van der Waals surface area contributed by atoms with Gasteiger partial charge in [-0.1, -0.05) is 57.8 Å². The van der Waals surface area contributed by atoms with Crippen LogP contribution in [-0.2, 0) is 11.3 Å². The van der Waals surface area contributed by atoms with Crippen LogP contribution in [0.15, 0.2) is 47.9 Å². The summed E-state index contributed by atoms with van der Waals surface area (Å²) in [5, 5.41) is 11.0. The molecule has 0 bridgehead atoms. The van der Waals surface area contributed by atoms with E-state index in [1.807, 2.05) is 0 Å². The van der Waals surface area contributed by atoms with Crippen LogP contribution in [0.25, 0.3) is 5.69 Å². The van der Waals surface area contributed by atoms with Crippen molar-refractivity contribution in [2.75, 3.05) is 10.6 Å². The molecule has 0 unspecified atom stereocenters. The molecule has 8 nitrogen and oxygen atoms in total. The van der Waals surface area contributed by atoms with Crippen molar-refractivity contribution in [1.82, 2.24) is 19.3 Å². The maximum Gasteiger partial charge on any atom is 0.288 e. The Morgan fingerprint density at radius 1 is 1.22 bits per heavy atom. The summed E-state index contributed by atoms with van der Waals surface area (Å²) in [6, 6.07) is 5.28. The Kier molecular flexibility index (Phi) is 7.48. The van der Waals surface area contributed by atoms with Crippen LogP contribution in [0, 0.1) is 23.2 Å². The normalized spacial score (nSPS) is 23.3. The van der Waals surface area contributed by atoms with E-state index in [9.17, 15) is 9.59 Å². The summed E-state index contributed by atoms with van der Waals surface area (Å²) in [6.07, 6.45) is 7.51. The van der Waals surface area contributed by atoms with E-state index in [1.54, 1.807) is 41.5 Å². The number of carbonyl (C=O) groups excluding carboxylic acids is 1. The second kappa shape index (κ2) is 10.3. The number of hydrogen-bond acceptors (Lipinski definition) is 5. The van der Waals surface area contributed by atoms with E-state index in [4.69, 9.17) is 23.2 Å². The smallest absolute Gasteiger partial charge is 0.288 e.